The molecule has 1 aliphatic carbocycles. The maximum absolute atomic E-state index is 13.5. The van der Waals surface area contributed by atoms with E-state index in [1.165, 1.54) is 0 Å². The third-order valence-electron chi connectivity index (χ3n) is 5.93. The maximum atomic E-state index is 13.5. The lowest BCUT2D eigenvalue weighted by Gasteiger charge is -2.36. The second-order valence-electron chi connectivity index (χ2n) is 8.65. The average Bonchev–Trinajstić information content (AvgIpc) is 3.67. The van der Waals surface area contributed by atoms with Crippen molar-refractivity contribution in [2.45, 2.75) is 56.9 Å². The van der Waals surface area contributed by atoms with Gasteiger partial charge in [0.2, 0.25) is 5.88 Å². The Kier molecular flexibility index (Phi) is 9.87. The summed E-state index contributed by atoms with van der Waals surface area (Å²) in [6, 6.07) is 3.71. The van der Waals surface area contributed by atoms with Gasteiger partial charge in [-0.3, -0.25) is 4.79 Å². The number of methoxy groups -OCH3 is 1. The van der Waals surface area contributed by atoms with Crippen LogP contribution in [0.5, 0.6) is 5.88 Å². The molecule has 1 aromatic heterocycles. The fourth-order valence-electron chi connectivity index (χ4n) is 4.04. The Labute approximate surface area is 199 Å². The lowest BCUT2D eigenvalue weighted by molar-refractivity contribution is -0.155. The molecule has 11 heteroatoms. The van der Waals surface area contributed by atoms with E-state index in [1.54, 1.807) is 7.11 Å². The molecule has 2 fully saturated rings. The normalized spacial score (nSPS) is 21.0. The molecule has 0 unspecified atom stereocenters. The molecule has 2 heterocycles. The van der Waals surface area contributed by atoms with Crippen molar-refractivity contribution in [3.05, 3.63) is 23.4 Å². The van der Waals surface area contributed by atoms with Crippen LogP contribution in [-0.2, 0) is 20.7 Å². The molecule has 0 spiro atoms. The number of rotatable bonds is 13. The summed E-state index contributed by atoms with van der Waals surface area (Å²) in [6.45, 7) is 3.87. The monoisotopic (exact) mass is 480 g/mol. The van der Waals surface area contributed by atoms with Gasteiger partial charge in [-0.1, -0.05) is 0 Å². The highest BCUT2D eigenvalue weighted by Gasteiger charge is 2.41. The summed E-state index contributed by atoms with van der Waals surface area (Å²) in [5.41, 5.74) is 1.66. The van der Waals surface area contributed by atoms with E-state index in [-0.39, 0.29) is 24.6 Å². The van der Waals surface area contributed by atoms with Crippen LogP contribution in [0.15, 0.2) is 12.1 Å². The van der Waals surface area contributed by atoms with E-state index in [1.807, 2.05) is 24.0 Å². The zero-order valence-electron chi connectivity index (χ0n) is 19.9. The Balaban J connectivity index is 1.77. The van der Waals surface area contributed by atoms with Crippen molar-refractivity contribution < 1.29 is 34.0 Å². The topological polar surface area (TPSA) is 142 Å². The minimum atomic E-state index is -1.06. The van der Waals surface area contributed by atoms with Crippen molar-refractivity contribution in [1.82, 2.24) is 20.5 Å². The lowest BCUT2D eigenvalue weighted by Crippen LogP contribution is -2.54. The van der Waals surface area contributed by atoms with Gasteiger partial charge in [0.1, 0.15) is 12.7 Å². The van der Waals surface area contributed by atoms with E-state index >= 15 is 0 Å². The van der Waals surface area contributed by atoms with E-state index in [9.17, 15) is 14.7 Å². The maximum Gasteiger partial charge on any atom is 0.404 e. The summed E-state index contributed by atoms with van der Waals surface area (Å²) < 4.78 is 16.7. The van der Waals surface area contributed by atoms with Crippen LogP contribution < -0.4 is 15.4 Å². The number of hydrogen-bond acceptors (Lipinski definition) is 8. The van der Waals surface area contributed by atoms with Gasteiger partial charge in [-0.15, -0.1) is 0 Å². The van der Waals surface area contributed by atoms with Crippen LogP contribution >= 0.6 is 0 Å². The molecule has 0 bridgehead atoms. The van der Waals surface area contributed by atoms with Gasteiger partial charge in [0.05, 0.1) is 25.4 Å². The van der Waals surface area contributed by atoms with Crippen LogP contribution in [0.25, 0.3) is 0 Å². The van der Waals surface area contributed by atoms with Gasteiger partial charge in [0.25, 0.3) is 5.91 Å². The third-order valence-corrected chi connectivity index (χ3v) is 5.93. The van der Waals surface area contributed by atoms with Crippen LogP contribution in [0.1, 0.15) is 43.5 Å². The van der Waals surface area contributed by atoms with E-state index < -0.39 is 18.3 Å². The van der Waals surface area contributed by atoms with Crippen molar-refractivity contribution in [2.75, 3.05) is 46.6 Å². The number of carbonyl (C=O) groups is 2. The SMILES string of the molecule is COCCOc1cc([C@H](C)N(C(=O)[C@H]2CNC[C@@H](CO)O2)C2CC2)cc(CCCNC(=O)O)n1. The highest BCUT2D eigenvalue weighted by molar-refractivity contribution is 5.82. The van der Waals surface area contributed by atoms with Crippen molar-refractivity contribution in [2.24, 2.45) is 0 Å². The highest BCUT2D eigenvalue weighted by Crippen LogP contribution is 2.36. The molecule has 0 aromatic carbocycles. The zero-order chi connectivity index (χ0) is 24.5. The Morgan fingerprint density at radius 2 is 2.12 bits per heavy atom. The summed E-state index contributed by atoms with van der Waals surface area (Å²) in [5.74, 6) is 0.355. The molecule has 3 rings (SSSR count). The second kappa shape index (κ2) is 12.8. The van der Waals surface area contributed by atoms with Gasteiger partial charge in [-0.05, 0) is 44.2 Å². The fourth-order valence-corrected chi connectivity index (χ4v) is 4.04. The number of hydrogen-bond donors (Lipinski definition) is 4. The van der Waals surface area contributed by atoms with Gasteiger partial charge >= 0.3 is 6.09 Å². The summed E-state index contributed by atoms with van der Waals surface area (Å²) in [5, 5.41) is 23.8. The van der Waals surface area contributed by atoms with Crippen LogP contribution in [0, 0.1) is 0 Å². The molecule has 4 N–H and O–H groups in total. The molecule has 11 nitrogen and oxygen atoms in total. The first-order chi connectivity index (χ1) is 16.4. The number of carbonyl (C=O) groups excluding carboxylic acids is 1. The number of aliphatic hydroxyl groups excluding tert-OH is 1. The summed E-state index contributed by atoms with van der Waals surface area (Å²) in [6.07, 6.45) is 0.934. The van der Waals surface area contributed by atoms with Crippen molar-refractivity contribution in [3.63, 3.8) is 0 Å². The molecule has 0 radical (unpaired) electrons. The zero-order valence-corrected chi connectivity index (χ0v) is 19.9. The van der Waals surface area contributed by atoms with E-state index in [0.29, 0.717) is 51.6 Å². The quantitative estimate of drug-likeness (QED) is 0.300. The Bertz CT molecular complexity index is 821. The highest BCUT2D eigenvalue weighted by atomic mass is 16.5. The van der Waals surface area contributed by atoms with Gasteiger partial charge < -0.3 is 40.0 Å². The number of aliphatic hydroxyl groups is 1. The van der Waals surface area contributed by atoms with Crippen LogP contribution in [0.2, 0.25) is 0 Å². The van der Waals surface area contributed by atoms with Crippen LogP contribution in [-0.4, -0.2) is 96.9 Å². The summed E-state index contributed by atoms with van der Waals surface area (Å²) in [7, 11) is 1.60. The fraction of sp³-hybridized carbons (Fsp3) is 0.696. The van der Waals surface area contributed by atoms with E-state index in [2.05, 4.69) is 15.6 Å². The Morgan fingerprint density at radius 1 is 1.32 bits per heavy atom. The second-order valence-corrected chi connectivity index (χ2v) is 8.65. The summed E-state index contributed by atoms with van der Waals surface area (Å²) in [4.78, 5) is 30.6. The van der Waals surface area contributed by atoms with Gasteiger partial charge in [0.15, 0.2) is 0 Å². The first kappa shape index (κ1) is 26.1. The molecular weight excluding hydrogens is 444 g/mol. The van der Waals surface area contributed by atoms with Crippen molar-refractivity contribution in [3.8, 4) is 5.88 Å². The smallest absolute Gasteiger partial charge is 0.404 e. The first-order valence-corrected chi connectivity index (χ1v) is 11.8. The van der Waals surface area contributed by atoms with Crippen LogP contribution in [0.4, 0.5) is 4.79 Å². The van der Waals surface area contributed by atoms with Crippen molar-refractivity contribution in [1.29, 1.82) is 0 Å². The number of aromatic nitrogens is 1. The number of nitrogens with zero attached hydrogens (tertiary/aromatic N) is 2. The molecule has 1 saturated carbocycles. The lowest BCUT2D eigenvalue weighted by atomic mass is 10.0. The molecule has 2 amide bonds. The number of carboxylic acid groups (broad SMARTS) is 1. The minimum Gasteiger partial charge on any atom is -0.475 e. The first-order valence-electron chi connectivity index (χ1n) is 11.8. The molecule has 34 heavy (non-hydrogen) atoms. The molecule has 1 aromatic rings. The predicted octanol–water partition coefficient (Wildman–Crippen LogP) is 0.708. The largest absolute Gasteiger partial charge is 0.475 e. The molecule has 1 saturated heterocycles. The van der Waals surface area contributed by atoms with Gasteiger partial charge in [-0.2, -0.15) is 0 Å². The number of nitrogens with one attached hydrogen (secondary N) is 2. The third kappa shape index (κ3) is 7.52. The van der Waals surface area contributed by atoms with Gasteiger partial charge in [0, 0.05) is 44.5 Å². The van der Waals surface area contributed by atoms with E-state index in [4.69, 9.17) is 19.3 Å². The molecule has 1 aliphatic heterocycles. The Morgan fingerprint density at radius 3 is 2.79 bits per heavy atom. The van der Waals surface area contributed by atoms with Gasteiger partial charge in [-0.25, -0.2) is 9.78 Å². The standard InChI is InChI=1S/C23H36N4O7/c1-15(27(18-5-6-18)22(29)20-13-24-12-19(14-28)34-20)16-10-17(4-3-7-25-23(30)31)26-21(11-16)33-9-8-32-2/h10-11,15,18-20,24-25,28H,3-9,12-14H2,1-2H3,(H,30,31)/t15-,19-,20+/m0/s1. The summed E-state index contributed by atoms with van der Waals surface area (Å²) >= 11 is 0. The Hall–Kier alpha value is -2.47. The number of ether oxygens (including phenoxy) is 3. The molecular formula is C23H36N4O7. The van der Waals surface area contributed by atoms with Crippen molar-refractivity contribution >= 4 is 12.0 Å². The predicted molar refractivity (Wildman–Crippen MR) is 123 cm³/mol. The molecule has 3 atom stereocenters. The number of aryl methyl sites for hydroxylation is 1. The van der Waals surface area contributed by atoms with Crippen LogP contribution in [0.3, 0.4) is 0 Å². The number of amides is 2. The van der Waals surface area contributed by atoms with E-state index in [0.717, 1.165) is 24.1 Å². The minimum absolute atomic E-state index is 0.0912. The average molecular weight is 481 g/mol. The number of pyridine rings is 1. The molecule has 2 aliphatic rings. The molecule has 190 valence electrons. The number of morpholine rings is 1.